The first-order valence-corrected chi connectivity index (χ1v) is 7.85. The normalized spacial score (nSPS) is 11.8. The van der Waals surface area contributed by atoms with E-state index < -0.39 is 23.7 Å². The number of carbonyl (C=O) groups excluding carboxylic acids is 1. The molecule has 1 unspecified atom stereocenters. The predicted molar refractivity (Wildman–Crippen MR) is 90.8 cm³/mol. The molecule has 0 fully saturated rings. The fourth-order valence-corrected chi connectivity index (χ4v) is 2.64. The molecule has 0 saturated carbocycles. The van der Waals surface area contributed by atoms with Crippen LogP contribution in [-0.2, 0) is 16.0 Å². The molecule has 0 bridgehead atoms. The minimum atomic E-state index is -1.09. The summed E-state index contributed by atoms with van der Waals surface area (Å²) in [6.45, 7) is 1.70. The van der Waals surface area contributed by atoms with Crippen molar-refractivity contribution in [3.8, 4) is 0 Å². The maximum Gasteiger partial charge on any atom is 0.326 e. The number of amides is 1. The van der Waals surface area contributed by atoms with E-state index in [1.54, 1.807) is 31.2 Å². The monoisotopic (exact) mass is 349 g/mol. The maximum absolute atomic E-state index is 13.0. The average Bonchev–Trinajstić information content (AvgIpc) is 2.54. The van der Waals surface area contributed by atoms with E-state index in [-0.39, 0.29) is 12.8 Å². The van der Waals surface area contributed by atoms with Gasteiger partial charge in [0.2, 0.25) is 5.91 Å². The summed E-state index contributed by atoms with van der Waals surface area (Å²) in [4.78, 5) is 25.5. The molecule has 126 valence electrons. The third-order valence-electron chi connectivity index (χ3n) is 3.61. The highest BCUT2D eigenvalue weighted by molar-refractivity contribution is 6.31. The highest BCUT2D eigenvalue weighted by Crippen LogP contribution is 2.24. The van der Waals surface area contributed by atoms with Gasteiger partial charge in [-0.15, -0.1) is 0 Å². The van der Waals surface area contributed by atoms with Crippen LogP contribution in [0.1, 0.15) is 18.9 Å². The van der Waals surface area contributed by atoms with Gasteiger partial charge in [-0.25, -0.2) is 9.18 Å². The number of aliphatic carboxylic acids is 1. The highest BCUT2D eigenvalue weighted by Gasteiger charge is 2.29. The molecule has 0 saturated heterocycles. The Balaban J connectivity index is 2.35. The van der Waals surface area contributed by atoms with E-state index in [1.165, 1.54) is 29.2 Å². The molecule has 6 heteroatoms. The van der Waals surface area contributed by atoms with E-state index in [4.69, 9.17) is 11.6 Å². The van der Waals surface area contributed by atoms with Crippen LogP contribution in [0.3, 0.4) is 0 Å². The number of rotatable bonds is 6. The minimum Gasteiger partial charge on any atom is -0.480 e. The number of benzene rings is 2. The highest BCUT2D eigenvalue weighted by atomic mass is 35.5. The summed E-state index contributed by atoms with van der Waals surface area (Å²) >= 11 is 5.97. The maximum atomic E-state index is 13.0. The lowest BCUT2D eigenvalue weighted by atomic mass is 10.1. The van der Waals surface area contributed by atoms with Crippen molar-refractivity contribution in [2.45, 2.75) is 25.8 Å². The number of anilines is 1. The topological polar surface area (TPSA) is 57.6 Å². The number of halogens is 2. The molecule has 0 aromatic heterocycles. The van der Waals surface area contributed by atoms with Gasteiger partial charge in [-0.1, -0.05) is 36.7 Å². The summed E-state index contributed by atoms with van der Waals surface area (Å²) in [5.41, 5.74) is 1.03. The lowest BCUT2D eigenvalue weighted by Crippen LogP contribution is -2.45. The molecule has 2 aromatic rings. The molecule has 24 heavy (non-hydrogen) atoms. The van der Waals surface area contributed by atoms with E-state index in [2.05, 4.69) is 0 Å². The van der Waals surface area contributed by atoms with Gasteiger partial charge in [0, 0.05) is 10.7 Å². The van der Waals surface area contributed by atoms with Crippen molar-refractivity contribution in [1.82, 2.24) is 0 Å². The first-order chi connectivity index (χ1) is 11.4. The molecule has 1 N–H and O–H groups in total. The number of carbonyl (C=O) groups is 2. The predicted octanol–water partition coefficient (Wildman–Crippen LogP) is 3.92. The van der Waals surface area contributed by atoms with Crippen molar-refractivity contribution < 1.29 is 19.1 Å². The Morgan fingerprint density at radius 1 is 1.21 bits per heavy atom. The molecule has 0 aliphatic carbocycles. The lowest BCUT2D eigenvalue weighted by Gasteiger charge is -2.28. The van der Waals surface area contributed by atoms with Gasteiger partial charge in [-0.05, 0) is 42.3 Å². The Bertz CT molecular complexity index is 733. The second-order valence-corrected chi connectivity index (χ2v) is 5.75. The Kier molecular flexibility index (Phi) is 5.93. The molecule has 0 radical (unpaired) electrons. The van der Waals surface area contributed by atoms with Crippen LogP contribution in [-0.4, -0.2) is 23.0 Å². The second-order valence-electron chi connectivity index (χ2n) is 5.31. The lowest BCUT2D eigenvalue weighted by molar-refractivity contribution is -0.140. The number of carboxylic acid groups (broad SMARTS) is 1. The second kappa shape index (κ2) is 7.93. The Morgan fingerprint density at radius 2 is 1.88 bits per heavy atom. The molecule has 2 aromatic carbocycles. The van der Waals surface area contributed by atoms with Crippen LogP contribution in [0.15, 0.2) is 48.5 Å². The van der Waals surface area contributed by atoms with Gasteiger partial charge in [-0.3, -0.25) is 9.69 Å². The van der Waals surface area contributed by atoms with Crippen molar-refractivity contribution in [3.63, 3.8) is 0 Å². The minimum absolute atomic E-state index is 0.0312. The molecule has 0 spiro atoms. The van der Waals surface area contributed by atoms with Crippen LogP contribution in [0.25, 0.3) is 0 Å². The summed E-state index contributed by atoms with van der Waals surface area (Å²) in [6.07, 6.45) is 0.216. The van der Waals surface area contributed by atoms with Gasteiger partial charge in [0.15, 0.2) is 0 Å². The molecule has 4 nitrogen and oxygen atoms in total. The summed E-state index contributed by atoms with van der Waals surface area (Å²) in [7, 11) is 0. The van der Waals surface area contributed by atoms with Gasteiger partial charge in [-0.2, -0.15) is 0 Å². The average molecular weight is 350 g/mol. The Labute approximate surface area is 144 Å². The summed E-state index contributed by atoms with van der Waals surface area (Å²) < 4.78 is 13.0. The molecule has 2 rings (SSSR count). The van der Waals surface area contributed by atoms with E-state index in [1.807, 2.05) is 0 Å². The van der Waals surface area contributed by atoms with Gasteiger partial charge >= 0.3 is 5.97 Å². The summed E-state index contributed by atoms with van der Waals surface area (Å²) in [6, 6.07) is 11.0. The van der Waals surface area contributed by atoms with Crippen molar-refractivity contribution in [2.24, 2.45) is 0 Å². The smallest absolute Gasteiger partial charge is 0.326 e. The number of carboxylic acids is 1. The van der Waals surface area contributed by atoms with Crippen molar-refractivity contribution in [2.75, 3.05) is 4.90 Å². The van der Waals surface area contributed by atoms with Crippen molar-refractivity contribution in [1.29, 1.82) is 0 Å². The zero-order chi connectivity index (χ0) is 17.7. The molecular weight excluding hydrogens is 333 g/mol. The fourth-order valence-electron chi connectivity index (χ4n) is 2.45. The fraction of sp³-hybridized carbons (Fsp3) is 0.222. The number of hydrogen-bond donors (Lipinski definition) is 1. The third-order valence-corrected chi connectivity index (χ3v) is 3.84. The first kappa shape index (κ1) is 17.9. The van der Waals surface area contributed by atoms with Crippen LogP contribution < -0.4 is 4.90 Å². The van der Waals surface area contributed by atoms with Crippen LogP contribution in [0.2, 0.25) is 5.02 Å². The van der Waals surface area contributed by atoms with E-state index in [0.29, 0.717) is 16.3 Å². The number of nitrogens with zero attached hydrogens (tertiary/aromatic N) is 1. The summed E-state index contributed by atoms with van der Waals surface area (Å²) in [5, 5.41) is 9.86. The van der Waals surface area contributed by atoms with Gasteiger partial charge in [0.05, 0.1) is 6.42 Å². The van der Waals surface area contributed by atoms with Crippen LogP contribution in [0.4, 0.5) is 10.1 Å². The molecule has 0 heterocycles. The molecular formula is C18H17ClFNO3. The van der Waals surface area contributed by atoms with Crippen molar-refractivity contribution in [3.05, 3.63) is 64.9 Å². The van der Waals surface area contributed by atoms with Gasteiger partial charge in [0.1, 0.15) is 11.9 Å². The quantitative estimate of drug-likeness (QED) is 0.860. The molecule has 1 amide bonds. The molecule has 0 aliphatic rings. The standard InChI is InChI=1S/C18H17ClFNO3/c1-2-16(18(23)24)21(15-5-3-4-13(19)11-15)17(22)10-12-6-8-14(20)9-7-12/h3-9,11,16H,2,10H2,1H3,(H,23,24). The van der Waals surface area contributed by atoms with Crippen molar-refractivity contribution >= 4 is 29.2 Å². The van der Waals surface area contributed by atoms with E-state index in [0.717, 1.165) is 0 Å². The van der Waals surface area contributed by atoms with E-state index in [9.17, 15) is 19.1 Å². The third kappa shape index (κ3) is 4.32. The van der Waals surface area contributed by atoms with Crippen LogP contribution >= 0.6 is 11.6 Å². The SMILES string of the molecule is CCC(C(=O)O)N(C(=O)Cc1ccc(F)cc1)c1cccc(Cl)c1. The van der Waals surface area contributed by atoms with Gasteiger partial charge in [0.25, 0.3) is 0 Å². The number of hydrogen-bond acceptors (Lipinski definition) is 2. The van der Waals surface area contributed by atoms with Crippen LogP contribution in [0, 0.1) is 5.82 Å². The van der Waals surface area contributed by atoms with E-state index >= 15 is 0 Å². The zero-order valence-corrected chi connectivity index (χ0v) is 13.8. The van der Waals surface area contributed by atoms with Gasteiger partial charge < -0.3 is 5.11 Å². The molecule has 1 atom stereocenters. The summed E-state index contributed by atoms with van der Waals surface area (Å²) in [5.74, 6) is -1.88. The Morgan fingerprint density at radius 3 is 2.42 bits per heavy atom. The zero-order valence-electron chi connectivity index (χ0n) is 13.1. The largest absolute Gasteiger partial charge is 0.480 e. The molecule has 0 aliphatic heterocycles. The Hall–Kier alpha value is -2.40. The first-order valence-electron chi connectivity index (χ1n) is 7.47. The van der Waals surface area contributed by atoms with Crippen LogP contribution in [0.5, 0.6) is 0 Å².